The molecule has 0 saturated carbocycles. The van der Waals surface area contributed by atoms with E-state index in [0.29, 0.717) is 5.33 Å². The average molecular weight is 245 g/mol. The van der Waals surface area contributed by atoms with E-state index in [1.807, 2.05) is 13.0 Å². The van der Waals surface area contributed by atoms with Crippen LogP contribution < -0.4 is 0 Å². The Morgan fingerprint density at radius 1 is 1.31 bits per heavy atom. The number of phenolic OH excluding ortho intramolecular Hbond substituents is 2. The summed E-state index contributed by atoms with van der Waals surface area (Å²) in [7, 11) is 0. The van der Waals surface area contributed by atoms with E-state index in [4.69, 9.17) is 0 Å². The van der Waals surface area contributed by atoms with Gasteiger partial charge in [0.05, 0.1) is 0 Å². The minimum atomic E-state index is -0.0341. The van der Waals surface area contributed by atoms with Gasteiger partial charge in [0, 0.05) is 10.9 Å². The van der Waals surface area contributed by atoms with Crippen molar-refractivity contribution in [1.82, 2.24) is 0 Å². The van der Waals surface area contributed by atoms with Gasteiger partial charge < -0.3 is 10.2 Å². The van der Waals surface area contributed by atoms with Crippen molar-refractivity contribution in [3.05, 3.63) is 23.3 Å². The number of benzene rings is 1. The molecule has 13 heavy (non-hydrogen) atoms. The fraction of sp³-hybridized carbons (Fsp3) is 0.400. The molecule has 0 atom stereocenters. The van der Waals surface area contributed by atoms with Gasteiger partial charge >= 0.3 is 0 Å². The Morgan fingerprint density at radius 3 is 2.54 bits per heavy atom. The molecule has 1 aromatic carbocycles. The maximum Gasteiger partial charge on any atom is 0.160 e. The molecular weight excluding hydrogens is 232 g/mol. The molecule has 0 bridgehead atoms. The van der Waals surface area contributed by atoms with Gasteiger partial charge in [0.25, 0.3) is 0 Å². The van der Waals surface area contributed by atoms with E-state index in [9.17, 15) is 10.2 Å². The van der Waals surface area contributed by atoms with Crippen LogP contribution in [0.4, 0.5) is 0 Å². The quantitative estimate of drug-likeness (QED) is 0.634. The van der Waals surface area contributed by atoms with E-state index in [-0.39, 0.29) is 11.5 Å². The first-order valence-corrected chi connectivity index (χ1v) is 5.41. The summed E-state index contributed by atoms with van der Waals surface area (Å²) in [5.41, 5.74) is 1.89. The number of aromatic hydroxyl groups is 2. The van der Waals surface area contributed by atoms with Crippen LogP contribution in [0.3, 0.4) is 0 Å². The molecule has 0 aliphatic heterocycles. The van der Waals surface area contributed by atoms with Crippen LogP contribution in [0.15, 0.2) is 12.1 Å². The molecule has 0 fully saturated rings. The van der Waals surface area contributed by atoms with Gasteiger partial charge in [0.15, 0.2) is 11.5 Å². The summed E-state index contributed by atoms with van der Waals surface area (Å²) in [6, 6.07) is 3.35. The molecule has 72 valence electrons. The van der Waals surface area contributed by atoms with Gasteiger partial charge in [-0.15, -0.1) is 0 Å². The normalized spacial score (nSPS) is 10.3. The summed E-state index contributed by atoms with van der Waals surface area (Å²) < 4.78 is 0. The standard InChI is InChI=1S/C10H13BrO2/c1-2-3-8-7(6-11)4-5-9(12)10(8)13/h4-5,12-13H,2-3,6H2,1H3. The topological polar surface area (TPSA) is 40.5 Å². The summed E-state index contributed by atoms with van der Waals surface area (Å²) >= 11 is 3.34. The van der Waals surface area contributed by atoms with Crippen LogP contribution in [-0.2, 0) is 11.8 Å². The van der Waals surface area contributed by atoms with E-state index in [0.717, 1.165) is 24.0 Å². The third-order valence-electron chi connectivity index (χ3n) is 2.00. The van der Waals surface area contributed by atoms with Crippen molar-refractivity contribution >= 4 is 15.9 Å². The number of alkyl halides is 1. The van der Waals surface area contributed by atoms with Gasteiger partial charge in [-0.3, -0.25) is 0 Å². The fourth-order valence-electron chi connectivity index (χ4n) is 1.32. The van der Waals surface area contributed by atoms with Crippen molar-refractivity contribution in [2.24, 2.45) is 0 Å². The monoisotopic (exact) mass is 244 g/mol. The predicted molar refractivity (Wildman–Crippen MR) is 56.4 cm³/mol. The number of phenols is 2. The molecule has 1 aromatic rings. The molecule has 2 nitrogen and oxygen atoms in total. The van der Waals surface area contributed by atoms with Crippen LogP contribution in [0, 0.1) is 0 Å². The van der Waals surface area contributed by atoms with Crippen molar-refractivity contribution in [2.75, 3.05) is 0 Å². The zero-order valence-corrected chi connectivity index (χ0v) is 9.13. The van der Waals surface area contributed by atoms with Crippen molar-refractivity contribution in [3.63, 3.8) is 0 Å². The van der Waals surface area contributed by atoms with Crippen molar-refractivity contribution in [3.8, 4) is 11.5 Å². The fourth-order valence-corrected chi connectivity index (χ4v) is 1.85. The lowest BCUT2D eigenvalue weighted by Crippen LogP contribution is -1.92. The summed E-state index contributed by atoms with van der Waals surface area (Å²) in [6.07, 6.45) is 1.75. The Morgan fingerprint density at radius 2 is 2.00 bits per heavy atom. The molecule has 0 amide bonds. The first-order valence-electron chi connectivity index (χ1n) is 4.29. The number of hydrogen-bond donors (Lipinski definition) is 2. The lowest BCUT2D eigenvalue weighted by Gasteiger charge is -2.09. The molecule has 0 unspecified atom stereocenters. The highest BCUT2D eigenvalue weighted by Gasteiger charge is 2.09. The van der Waals surface area contributed by atoms with Crippen LogP contribution in [-0.4, -0.2) is 10.2 Å². The minimum Gasteiger partial charge on any atom is -0.504 e. The van der Waals surface area contributed by atoms with Crippen molar-refractivity contribution < 1.29 is 10.2 Å². The van der Waals surface area contributed by atoms with E-state index in [1.54, 1.807) is 0 Å². The second kappa shape index (κ2) is 4.51. The highest BCUT2D eigenvalue weighted by atomic mass is 79.9. The molecule has 0 heterocycles. The lowest BCUT2D eigenvalue weighted by atomic mass is 10.0. The summed E-state index contributed by atoms with van der Waals surface area (Å²) in [5.74, 6) is -0.00745. The zero-order chi connectivity index (χ0) is 9.84. The molecule has 1 rings (SSSR count). The van der Waals surface area contributed by atoms with Crippen LogP contribution >= 0.6 is 15.9 Å². The summed E-state index contributed by atoms with van der Waals surface area (Å²) in [5, 5.41) is 19.6. The third kappa shape index (κ3) is 2.15. The van der Waals surface area contributed by atoms with Gasteiger partial charge in [-0.2, -0.15) is 0 Å². The van der Waals surface area contributed by atoms with E-state index < -0.39 is 0 Å². The second-order valence-corrected chi connectivity index (χ2v) is 3.52. The molecule has 0 saturated heterocycles. The van der Waals surface area contributed by atoms with Crippen molar-refractivity contribution in [2.45, 2.75) is 25.1 Å². The van der Waals surface area contributed by atoms with Gasteiger partial charge in [-0.1, -0.05) is 35.3 Å². The Labute approximate surface area is 86.3 Å². The smallest absolute Gasteiger partial charge is 0.160 e. The molecule has 2 N–H and O–H groups in total. The molecule has 3 heteroatoms. The predicted octanol–water partition coefficient (Wildman–Crippen LogP) is 2.95. The zero-order valence-electron chi connectivity index (χ0n) is 7.55. The molecular formula is C10H13BrO2. The maximum atomic E-state index is 9.57. The van der Waals surface area contributed by atoms with Crippen molar-refractivity contribution in [1.29, 1.82) is 0 Å². The van der Waals surface area contributed by atoms with E-state index in [1.165, 1.54) is 6.07 Å². The molecule has 0 aliphatic rings. The van der Waals surface area contributed by atoms with Crippen LogP contribution in [0.1, 0.15) is 24.5 Å². The second-order valence-electron chi connectivity index (χ2n) is 2.95. The lowest BCUT2D eigenvalue weighted by molar-refractivity contribution is 0.398. The van der Waals surface area contributed by atoms with Crippen LogP contribution in [0.5, 0.6) is 11.5 Å². The number of halogens is 1. The van der Waals surface area contributed by atoms with Gasteiger partial charge in [0.1, 0.15) is 0 Å². The first-order chi connectivity index (χ1) is 6.20. The third-order valence-corrected chi connectivity index (χ3v) is 2.61. The Bertz CT molecular complexity index is 297. The Balaban J connectivity index is 3.15. The average Bonchev–Trinajstić information content (AvgIpc) is 2.14. The largest absolute Gasteiger partial charge is 0.504 e. The van der Waals surface area contributed by atoms with E-state index in [2.05, 4.69) is 15.9 Å². The van der Waals surface area contributed by atoms with Gasteiger partial charge in [-0.25, -0.2) is 0 Å². The molecule has 0 aromatic heterocycles. The maximum absolute atomic E-state index is 9.57. The number of hydrogen-bond acceptors (Lipinski definition) is 2. The van der Waals surface area contributed by atoms with Crippen LogP contribution in [0.2, 0.25) is 0 Å². The Kier molecular flexibility index (Phi) is 3.60. The summed E-state index contributed by atoms with van der Waals surface area (Å²) in [4.78, 5) is 0. The minimum absolute atomic E-state index is 0.0267. The van der Waals surface area contributed by atoms with Crippen LogP contribution in [0.25, 0.3) is 0 Å². The highest BCUT2D eigenvalue weighted by Crippen LogP contribution is 2.33. The SMILES string of the molecule is CCCc1c(CBr)ccc(O)c1O. The number of rotatable bonds is 3. The van der Waals surface area contributed by atoms with E-state index >= 15 is 0 Å². The summed E-state index contributed by atoms with van der Waals surface area (Å²) in [6.45, 7) is 2.04. The van der Waals surface area contributed by atoms with Gasteiger partial charge in [0.2, 0.25) is 0 Å². The molecule has 0 spiro atoms. The molecule has 0 radical (unpaired) electrons. The Hall–Kier alpha value is -0.700. The highest BCUT2D eigenvalue weighted by molar-refractivity contribution is 9.08. The van der Waals surface area contributed by atoms with Gasteiger partial charge in [-0.05, 0) is 18.1 Å². The first kappa shape index (κ1) is 10.4. The molecule has 0 aliphatic carbocycles.